The van der Waals surface area contributed by atoms with Gasteiger partial charge >= 0.3 is 12.0 Å². The summed E-state index contributed by atoms with van der Waals surface area (Å²) in [6, 6.07) is -0.359. The number of morpholine rings is 1. The quantitative estimate of drug-likeness (QED) is 0.702. The molecule has 1 fully saturated rings. The largest absolute Gasteiger partial charge is 0.480 e. The molecule has 19 heavy (non-hydrogen) atoms. The van der Waals surface area contributed by atoms with Crippen molar-refractivity contribution < 1.29 is 19.4 Å². The number of amides is 2. The molecule has 1 rings (SSSR count). The third kappa shape index (κ3) is 5.44. The SMILES string of the molecule is CCN1CCOC(CNC(=O)N(CC)CC(=O)O)C1. The Hall–Kier alpha value is -1.34. The molecule has 0 aliphatic carbocycles. The molecule has 1 saturated heterocycles. The zero-order valence-corrected chi connectivity index (χ0v) is 11.6. The molecular weight excluding hydrogens is 250 g/mol. The van der Waals surface area contributed by atoms with E-state index in [1.54, 1.807) is 6.92 Å². The minimum absolute atomic E-state index is 0.0267. The van der Waals surface area contributed by atoms with Crippen molar-refractivity contribution in [1.29, 1.82) is 0 Å². The first kappa shape index (κ1) is 15.7. The van der Waals surface area contributed by atoms with Gasteiger partial charge in [0.2, 0.25) is 0 Å². The van der Waals surface area contributed by atoms with Gasteiger partial charge in [-0.15, -0.1) is 0 Å². The van der Waals surface area contributed by atoms with Gasteiger partial charge in [-0.1, -0.05) is 6.92 Å². The van der Waals surface area contributed by atoms with Crippen LogP contribution in [0, 0.1) is 0 Å². The Kier molecular flexibility index (Phi) is 6.58. The molecule has 1 aliphatic heterocycles. The summed E-state index contributed by atoms with van der Waals surface area (Å²) in [4.78, 5) is 25.9. The third-order valence-corrected chi connectivity index (χ3v) is 3.15. The Morgan fingerprint density at radius 2 is 2.21 bits per heavy atom. The Balaban J connectivity index is 2.34. The summed E-state index contributed by atoms with van der Waals surface area (Å²) < 4.78 is 5.56. The molecule has 1 atom stereocenters. The van der Waals surface area contributed by atoms with E-state index in [1.165, 1.54) is 4.90 Å². The van der Waals surface area contributed by atoms with Crippen molar-refractivity contribution >= 4 is 12.0 Å². The summed E-state index contributed by atoms with van der Waals surface area (Å²) >= 11 is 0. The number of hydrogen-bond acceptors (Lipinski definition) is 4. The standard InChI is InChI=1S/C12H23N3O4/c1-3-14-5-6-19-10(8-14)7-13-12(18)15(4-2)9-11(16)17/h10H,3-9H2,1-2H3,(H,13,18)(H,16,17). The molecule has 7 heteroatoms. The van der Waals surface area contributed by atoms with E-state index >= 15 is 0 Å². The van der Waals surface area contributed by atoms with E-state index in [0.29, 0.717) is 19.7 Å². The summed E-state index contributed by atoms with van der Waals surface area (Å²) in [5, 5.41) is 11.4. The minimum Gasteiger partial charge on any atom is -0.480 e. The molecule has 1 unspecified atom stereocenters. The van der Waals surface area contributed by atoms with E-state index in [2.05, 4.69) is 17.1 Å². The van der Waals surface area contributed by atoms with Crippen LogP contribution in [0.4, 0.5) is 4.79 Å². The van der Waals surface area contributed by atoms with Crippen LogP contribution in [0.3, 0.4) is 0 Å². The lowest BCUT2D eigenvalue weighted by atomic mass is 10.2. The Bertz CT molecular complexity index is 311. The number of hydrogen-bond donors (Lipinski definition) is 2. The number of likely N-dealkylation sites (N-methyl/N-ethyl adjacent to an activating group) is 2. The van der Waals surface area contributed by atoms with Crippen LogP contribution < -0.4 is 5.32 Å². The lowest BCUT2D eigenvalue weighted by Gasteiger charge is -2.32. The number of carbonyl (C=O) groups excluding carboxylic acids is 1. The van der Waals surface area contributed by atoms with Gasteiger partial charge in [0.25, 0.3) is 0 Å². The van der Waals surface area contributed by atoms with E-state index in [-0.39, 0.29) is 18.7 Å². The Labute approximate surface area is 113 Å². The van der Waals surface area contributed by atoms with Crippen LogP contribution in [0.25, 0.3) is 0 Å². The first-order chi connectivity index (χ1) is 9.06. The molecule has 0 radical (unpaired) electrons. The zero-order valence-electron chi connectivity index (χ0n) is 11.6. The molecule has 0 saturated carbocycles. The number of aliphatic carboxylic acids is 1. The van der Waals surface area contributed by atoms with E-state index in [9.17, 15) is 9.59 Å². The summed E-state index contributed by atoms with van der Waals surface area (Å²) in [7, 11) is 0. The molecule has 110 valence electrons. The molecule has 7 nitrogen and oxygen atoms in total. The fraction of sp³-hybridized carbons (Fsp3) is 0.833. The van der Waals surface area contributed by atoms with Crippen LogP contribution in [-0.4, -0.2) is 78.9 Å². The van der Waals surface area contributed by atoms with Gasteiger partial charge in [0.05, 0.1) is 12.7 Å². The summed E-state index contributed by atoms with van der Waals surface area (Å²) in [6.45, 7) is 7.67. The van der Waals surface area contributed by atoms with Crippen molar-refractivity contribution in [2.24, 2.45) is 0 Å². The average molecular weight is 273 g/mol. The van der Waals surface area contributed by atoms with E-state index in [4.69, 9.17) is 9.84 Å². The predicted octanol–water partition coefficient (Wildman–Crippen LogP) is -0.177. The summed E-state index contributed by atoms with van der Waals surface area (Å²) in [5.41, 5.74) is 0. The third-order valence-electron chi connectivity index (χ3n) is 3.15. The maximum Gasteiger partial charge on any atom is 0.323 e. The van der Waals surface area contributed by atoms with Gasteiger partial charge < -0.3 is 20.1 Å². The van der Waals surface area contributed by atoms with Crippen molar-refractivity contribution in [2.75, 3.05) is 45.9 Å². The number of ether oxygens (including phenoxy) is 1. The molecular formula is C12H23N3O4. The topological polar surface area (TPSA) is 82.1 Å². The van der Waals surface area contributed by atoms with Gasteiger partial charge in [-0.2, -0.15) is 0 Å². The molecule has 2 N–H and O–H groups in total. The normalized spacial score (nSPS) is 20.0. The van der Waals surface area contributed by atoms with Crippen LogP contribution >= 0.6 is 0 Å². The van der Waals surface area contributed by atoms with E-state index < -0.39 is 5.97 Å². The maximum absolute atomic E-state index is 11.8. The average Bonchev–Trinajstić information content (AvgIpc) is 2.42. The first-order valence-electron chi connectivity index (χ1n) is 6.65. The highest BCUT2D eigenvalue weighted by molar-refractivity contribution is 5.80. The predicted molar refractivity (Wildman–Crippen MR) is 70.1 cm³/mol. The second kappa shape index (κ2) is 7.96. The van der Waals surface area contributed by atoms with E-state index in [0.717, 1.165) is 19.6 Å². The van der Waals surface area contributed by atoms with Crippen LogP contribution in [0.2, 0.25) is 0 Å². The van der Waals surface area contributed by atoms with Crippen LogP contribution in [0.1, 0.15) is 13.8 Å². The second-order valence-corrected chi connectivity index (χ2v) is 4.48. The van der Waals surface area contributed by atoms with Gasteiger partial charge in [0.15, 0.2) is 0 Å². The van der Waals surface area contributed by atoms with E-state index in [1.807, 2.05) is 0 Å². The number of carboxylic acid groups (broad SMARTS) is 1. The number of rotatable bonds is 6. The van der Waals surface area contributed by atoms with Gasteiger partial charge in [0.1, 0.15) is 6.54 Å². The van der Waals surface area contributed by atoms with Gasteiger partial charge in [-0.25, -0.2) is 4.79 Å². The Morgan fingerprint density at radius 3 is 2.79 bits per heavy atom. The fourth-order valence-corrected chi connectivity index (χ4v) is 1.99. The Morgan fingerprint density at radius 1 is 1.47 bits per heavy atom. The molecule has 0 aromatic carbocycles. The van der Waals surface area contributed by atoms with Crippen molar-refractivity contribution in [3.8, 4) is 0 Å². The molecule has 1 heterocycles. The van der Waals surface area contributed by atoms with Crippen molar-refractivity contribution in [3.05, 3.63) is 0 Å². The molecule has 0 aromatic heterocycles. The lowest BCUT2D eigenvalue weighted by Crippen LogP contribution is -2.50. The zero-order chi connectivity index (χ0) is 14.3. The highest BCUT2D eigenvalue weighted by Crippen LogP contribution is 2.03. The molecule has 0 aromatic rings. The van der Waals surface area contributed by atoms with Crippen molar-refractivity contribution in [1.82, 2.24) is 15.1 Å². The monoisotopic (exact) mass is 273 g/mol. The summed E-state index contributed by atoms with van der Waals surface area (Å²) in [5.74, 6) is -1.01. The van der Waals surface area contributed by atoms with Gasteiger partial charge in [-0.3, -0.25) is 9.69 Å². The molecule has 0 bridgehead atoms. The molecule has 1 aliphatic rings. The maximum atomic E-state index is 11.8. The lowest BCUT2D eigenvalue weighted by molar-refractivity contribution is -0.137. The number of urea groups is 1. The van der Waals surface area contributed by atoms with Crippen LogP contribution in [0.15, 0.2) is 0 Å². The van der Waals surface area contributed by atoms with Gasteiger partial charge in [-0.05, 0) is 13.5 Å². The second-order valence-electron chi connectivity index (χ2n) is 4.48. The fourth-order valence-electron chi connectivity index (χ4n) is 1.99. The molecule has 2 amide bonds. The highest BCUT2D eigenvalue weighted by atomic mass is 16.5. The first-order valence-corrected chi connectivity index (χ1v) is 6.65. The molecule has 0 spiro atoms. The van der Waals surface area contributed by atoms with Crippen LogP contribution in [0.5, 0.6) is 0 Å². The number of carboxylic acids is 1. The number of nitrogens with one attached hydrogen (secondary N) is 1. The van der Waals surface area contributed by atoms with Crippen LogP contribution in [-0.2, 0) is 9.53 Å². The smallest absolute Gasteiger partial charge is 0.323 e. The number of carbonyl (C=O) groups is 2. The number of nitrogens with zero attached hydrogens (tertiary/aromatic N) is 2. The van der Waals surface area contributed by atoms with Crippen molar-refractivity contribution in [2.45, 2.75) is 20.0 Å². The van der Waals surface area contributed by atoms with Crippen molar-refractivity contribution in [3.63, 3.8) is 0 Å². The van der Waals surface area contributed by atoms with Gasteiger partial charge in [0, 0.05) is 26.2 Å². The summed E-state index contributed by atoms with van der Waals surface area (Å²) in [6.07, 6.45) is -0.0267. The highest BCUT2D eigenvalue weighted by Gasteiger charge is 2.21. The minimum atomic E-state index is -1.01.